The number of halogens is 1. The van der Waals surface area contributed by atoms with Gasteiger partial charge >= 0.3 is 0 Å². The summed E-state index contributed by atoms with van der Waals surface area (Å²) < 4.78 is 5.37. The largest absolute Gasteiger partial charge is 0.496 e. The maximum absolute atomic E-state index is 12.0. The molecule has 0 heterocycles. The van der Waals surface area contributed by atoms with E-state index in [2.05, 4.69) is 39.1 Å². The summed E-state index contributed by atoms with van der Waals surface area (Å²) in [6.45, 7) is 4.15. The van der Waals surface area contributed by atoms with Crippen LogP contribution in [0.2, 0.25) is 0 Å². The summed E-state index contributed by atoms with van der Waals surface area (Å²) in [5.74, 6) is 1.63. The van der Waals surface area contributed by atoms with Gasteiger partial charge in [0.25, 0.3) is 5.91 Å². The lowest BCUT2D eigenvalue weighted by Crippen LogP contribution is -2.39. The molecule has 0 unspecified atom stereocenters. The normalized spacial score (nSPS) is 10.7. The lowest BCUT2D eigenvalue weighted by atomic mass is 10.1. The first-order chi connectivity index (χ1) is 13.6. The van der Waals surface area contributed by atoms with E-state index < -0.39 is 0 Å². The predicted molar refractivity (Wildman–Crippen MR) is 130 cm³/mol. The van der Waals surface area contributed by atoms with Crippen molar-refractivity contribution in [3.05, 3.63) is 65.2 Å². The van der Waals surface area contributed by atoms with Gasteiger partial charge in [-0.3, -0.25) is 9.79 Å². The molecule has 0 fully saturated rings. The van der Waals surface area contributed by atoms with E-state index in [1.807, 2.05) is 37.3 Å². The summed E-state index contributed by atoms with van der Waals surface area (Å²) in [6.07, 6.45) is 1.69. The number of amides is 1. The molecule has 0 saturated heterocycles. The highest BCUT2D eigenvalue weighted by atomic mass is 127. The summed E-state index contributed by atoms with van der Waals surface area (Å²) in [5.41, 5.74) is 3.03. The predicted octanol–water partition coefficient (Wildman–Crippen LogP) is 3.15. The summed E-state index contributed by atoms with van der Waals surface area (Å²) in [7, 11) is 3.44. The third-order valence-electron chi connectivity index (χ3n) is 4.37. The molecular formula is C22H31IN4O2. The van der Waals surface area contributed by atoms with E-state index >= 15 is 0 Å². The van der Waals surface area contributed by atoms with Crippen LogP contribution in [0.15, 0.2) is 53.5 Å². The van der Waals surface area contributed by atoms with Gasteiger partial charge in [-0.2, -0.15) is 0 Å². The van der Waals surface area contributed by atoms with Gasteiger partial charge in [0.2, 0.25) is 0 Å². The van der Waals surface area contributed by atoms with Gasteiger partial charge in [0.15, 0.2) is 5.96 Å². The fourth-order valence-corrected chi connectivity index (χ4v) is 2.75. The first-order valence-corrected chi connectivity index (χ1v) is 9.55. The van der Waals surface area contributed by atoms with Crippen molar-refractivity contribution in [3.63, 3.8) is 0 Å². The van der Waals surface area contributed by atoms with Gasteiger partial charge in [-0.15, -0.1) is 24.0 Å². The number of methoxy groups -OCH3 is 1. The Labute approximate surface area is 190 Å². The minimum absolute atomic E-state index is 0. The first kappa shape index (κ1) is 24.7. The van der Waals surface area contributed by atoms with E-state index in [1.54, 1.807) is 14.2 Å². The molecule has 0 aliphatic rings. The number of aliphatic imine (C=N–C) groups is 1. The van der Waals surface area contributed by atoms with E-state index in [9.17, 15) is 4.79 Å². The molecule has 3 N–H and O–H groups in total. The Bertz CT molecular complexity index is 782. The van der Waals surface area contributed by atoms with E-state index in [0.717, 1.165) is 43.2 Å². The maximum Gasteiger partial charge on any atom is 0.251 e. The number of nitrogens with one attached hydrogen (secondary N) is 3. The summed E-state index contributed by atoms with van der Waals surface area (Å²) in [6, 6.07) is 15.5. The highest BCUT2D eigenvalue weighted by Gasteiger charge is 2.04. The van der Waals surface area contributed by atoms with Crippen LogP contribution in [0.5, 0.6) is 5.75 Å². The fourth-order valence-electron chi connectivity index (χ4n) is 2.75. The highest BCUT2D eigenvalue weighted by molar-refractivity contribution is 14.0. The quantitative estimate of drug-likeness (QED) is 0.210. The van der Waals surface area contributed by atoms with Crippen molar-refractivity contribution in [2.24, 2.45) is 4.99 Å². The minimum atomic E-state index is -0.0448. The molecular weight excluding hydrogens is 479 g/mol. The molecule has 0 spiro atoms. The number of aryl methyl sites for hydroxylation is 1. The van der Waals surface area contributed by atoms with Crippen LogP contribution < -0.4 is 20.7 Å². The molecule has 0 aliphatic carbocycles. The number of carbonyl (C=O) groups excluding carboxylic acids is 1. The Morgan fingerprint density at radius 1 is 1.00 bits per heavy atom. The Kier molecular flexibility index (Phi) is 11.8. The molecule has 0 saturated carbocycles. The van der Waals surface area contributed by atoms with Crippen LogP contribution in [-0.4, -0.2) is 45.7 Å². The number of guanidine groups is 1. The van der Waals surface area contributed by atoms with Crippen molar-refractivity contribution < 1.29 is 9.53 Å². The number of ether oxygens (including phenoxy) is 1. The molecule has 0 radical (unpaired) electrons. The highest BCUT2D eigenvalue weighted by Crippen LogP contribution is 2.18. The van der Waals surface area contributed by atoms with E-state index in [1.165, 1.54) is 5.56 Å². The van der Waals surface area contributed by atoms with Crippen molar-refractivity contribution in [1.29, 1.82) is 0 Å². The molecule has 2 aromatic rings. The SMILES string of the molecule is CN=C(NCCCNC(=O)c1ccccc1)NCCc1ccc(C)c(OC)c1.I. The molecule has 2 rings (SSSR count). The molecule has 1 amide bonds. The molecule has 0 atom stereocenters. The van der Waals surface area contributed by atoms with Gasteiger partial charge in [0.05, 0.1) is 7.11 Å². The number of nitrogens with zero attached hydrogens (tertiary/aromatic N) is 1. The second-order valence-electron chi connectivity index (χ2n) is 6.46. The monoisotopic (exact) mass is 510 g/mol. The zero-order valence-corrected chi connectivity index (χ0v) is 19.7. The van der Waals surface area contributed by atoms with Crippen molar-refractivity contribution in [1.82, 2.24) is 16.0 Å². The second kappa shape index (κ2) is 13.8. The van der Waals surface area contributed by atoms with E-state index in [0.29, 0.717) is 12.1 Å². The Balaban J connectivity index is 0.00000420. The number of benzene rings is 2. The molecule has 29 heavy (non-hydrogen) atoms. The van der Waals surface area contributed by atoms with Crippen LogP contribution in [0.4, 0.5) is 0 Å². The van der Waals surface area contributed by atoms with Crippen LogP contribution in [0.25, 0.3) is 0 Å². The molecule has 6 nitrogen and oxygen atoms in total. The summed E-state index contributed by atoms with van der Waals surface area (Å²) >= 11 is 0. The van der Waals surface area contributed by atoms with Crippen LogP contribution in [-0.2, 0) is 6.42 Å². The second-order valence-corrected chi connectivity index (χ2v) is 6.46. The first-order valence-electron chi connectivity index (χ1n) is 9.55. The summed E-state index contributed by atoms with van der Waals surface area (Å²) in [4.78, 5) is 16.2. The fraction of sp³-hybridized carbons (Fsp3) is 0.364. The molecule has 158 valence electrons. The van der Waals surface area contributed by atoms with Gasteiger partial charge in [0.1, 0.15) is 5.75 Å². The lowest BCUT2D eigenvalue weighted by molar-refractivity contribution is 0.0953. The van der Waals surface area contributed by atoms with E-state index in [-0.39, 0.29) is 29.9 Å². The number of carbonyl (C=O) groups is 1. The van der Waals surface area contributed by atoms with Gasteiger partial charge < -0.3 is 20.7 Å². The number of rotatable bonds is 9. The minimum Gasteiger partial charge on any atom is -0.496 e. The molecule has 2 aromatic carbocycles. The Morgan fingerprint density at radius 2 is 1.69 bits per heavy atom. The molecule has 7 heteroatoms. The van der Waals surface area contributed by atoms with Crippen LogP contribution in [0.3, 0.4) is 0 Å². The Hall–Kier alpha value is -2.29. The zero-order chi connectivity index (χ0) is 20.2. The zero-order valence-electron chi connectivity index (χ0n) is 17.3. The van der Waals surface area contributed by atoms with Crippen molar-refractivity contribution in [2.75, 3.05) is 33.8 Å². The number of hydrogen-bond acceptors (Lipinski definition) is 3. The van der Waals surface area contributed by atoms with Crippen molar-refractivity contribution >= 4 is 35.8 Å². The van der Waals surface area contributed by atoms with E-state index in [4.69, 9.17) is 4.74 Å². The molecule has 0 bridgehead atoms. The van der Waals surface area contributed by atoms with Gasteiger partial charge in [-0.05, 0) is 49.1 Å². The average molecular weight is 510 g/mol. The van der Waals surface area contributed by atoms with Crippen molar-refractivity contribution in [3.8, 4) is 5.75 Å². The standard InChI is InChI=1S/C22H30N4O2.HI/c1-17-10-11-18(16-20(17)28-3)12-15-26-22(23-2)25-14-7-13-24-21(27)19-8-5-4-6-9-19;/h4-6,8-11,16H,7,12-15H2,1-3H3,(H,24,27)(H2,23,25,26);1H. The summed E-state index contributed by atoms with van der Waals surface area (Å²) in [5, 5.41) is 9.49. The van der Waals surface area contributed by atoms with Gasteiger partial charge in [0, 0.05) is 32.2 Å². The van der Waals surface area contributed by atoms with Crippen molar-refractivity contribution in [2.45, 2.75) is 19.8 Å². The molecule has 0 aromatic heterocycles. The molecule has 0 aliphatic heterocycles. The smallest absolute Gasteiger partial charge is 0.251 e. The topological polar surface area (TPSA) is 74.8 Å². The van der Waals surface area contributed by atoms with Crippen LogP contribution in [0, 0.1) is 6.92 Å². The van der Waals surface area contributed by atoms with Gasteiger partial charge in [-0.25, -0.2) is 0 Å². The lowest BCUT2D eigenvalue weighted by Gasteiger charge is -2.13. The average Bonchev–Trinajstić information content (AvgIpc) is 2.73. The van der Waals surface area contributed by atoms with Crippen LogP contribution >= 0.6 is 24.0 Å². The number of hydrogen-bond donors (Lipinski definition) is 3. The Morgan fingerprint density at radius 3 is 2.38 bits per heavy atom. The van der Waals surface area contributed by atoms with Gasteiger partial charge in [-0.1, -0.05) is 30.3 Å². The maximum atomic E-state index is 12.0. The third-order valence-corrected chi connectivity index (χ3v) is 4.37. The third kappa shape index (κ3) is 8.72. The van der Waals surface area contributed by atoms with Crippen LogP contribution in [0.1, 0.15) is 27.9 Å².